The fourth-order valence-corrected chi connectivity index (χ4v) is 7.21. The Morgan fingerprint density at radius 1 is 1.15 bits per heavy atom. The standard InChI is InChI=1S/C21H33N3O2/c1-20-11-9-15-13(14(20)6-7-16(20)23-19(26)22-3)5-8-17-21(15,2)12-10-18(25)24(17)4/h10,12-17H,5-9,11H2,1-4H3,(H2,22,23,26)/t13?,14?,15?,16-,17+,20-,21+/m0/s1. The number of rotatable bonds is 1. The van der Waals surface area contributed by atoms with Gasteiger partial charge in [-0.05, 0) is 67.8 Å². The molecule has 0 saturated heterocycles. The summed E-state index contributed by atoms with van der Waals surface area (Å²) in [6.45, 7) is 4.79. The summed E-state index contributed by atoms with van der Waals surface area (Å²) in [6, 6.07) is 0.571. The van der Waals surface area contributed by atoms with Crippen molar-refractivity contribution in [1.82, 2.24) is 15.5 Å². The summed E-state index contributed by atoms with van der Waals surface area (Å²) in [5.41, 5.74) is 0.302. The molecule has 3 unspecified atom stereocenters. The number of fused-ring (bicyclic) bond motifs is 5. The minimum absolute atomic E-state index is 0.0509. The van der Waals surface area contributed by atoms with E-state index in [1.807, 2.05) is 11.9 Å². The van der Waals surface area contributed by atoms with E-state index in [0.29, 0.717) is 23.8 Å². The molecular weight excluding hydrogens is 326 g/mol. The van der Waals surface area contributed by atoms with Crippen molar-refractivity contribution in [3.63, 3.8) is 0 Å². The van der Waals surface area contributed by atoms with Crippen molar-refractivity contribution in [2.24, 2.45) is 28.6 Å². The van der Waals surface area contributed by atoms with Crippen LogP contribution in [0.3, 0.4) is 0 Å². The van der Waals surface area contributed by atoms with Crippen molar-refractivity contribution in [3.8, 4) is 0 Å². The fourth-order valence-electron chi connectivity index (χ4n) is 7.21. The van der Waals surface area contributed by atoms with Crippen molar-refractivity contribution in [1.29, 1.82) is 0 Å². The zero-order valence-electron chi connectivity index (χ0n) is 16.5. The van der Waals surface area contributed by atoms with Gasteiger partial charge < -0.3 is 15.5 Å². The third kappa shape index (κ3) is 2.35. The molecule has 0 aromatic heterocycles. The molecule has 0 aromatic carbocycles. The molecule has 0 spiro atoms. The maximum absolute atomic E-state index is 12.2. The topological polar surface area (TPSA) is 61.4 Å². The van der Waals surface area contributed by atoms with Gasteiger partial charge >= 0.3 is 6.03 Å². The predicted octanol–water partition coefficient (Wildman–Crippen LogP) is 2.92. The van der Waals surface area contributed by atoms with Crippen LogP contribution >= 0.6 is 0 Å². The highest BCUT2D eigenvalue weighted by molar-refractivity contribution is 5.89. The summed E-state index contributed by atoms with van der Waals surface area (Å²) in [7, 11) is 3.66. The van der Waals surface area contributed by atoms with Crippen LogP contribution in [0, 0.1) is 28.6 Å². The molecule has 5 heteroatoms. The highest BCUT2D eigenvalue weighted by Gasteiger charge is 2.60. The van der Waals surface area contributed by atoms with Crippen LogP contribution in [0.5, 0.6) is 0 Å². The van der Waals surface area contributed by atoms with E-state index in [9.17, 15) is 9.59 Å². The summed E-state index contributed by atoms with van der Waals surface area (Å²) in [4.78, 5) is 26.0. The Labute approximate surface area is 157 Å². The van der Waals surface area contributed by atoms with Gasteiger partial charge in [-0.2, -0.15) is 0 Å². The largest absolute Gasteiger partial charge is 0.341 e. The number of urea groups is 1. The van der Waals surface area contributed by atoms with Crippen LogP contribution in [0.2, 0.25) is 0 Å². The van der Waals surface area contributed by atoms with Crippen molar-refractivity contribution in [3.05, 3.63) is 12.2 Å². The van der Waals surface area contributed by atoms with Crippen LogP contribution in [0.1, 0.15) is 52.4 Å². The normalized spacial score (nSPS) is 47.0. The monoisotopic (exact) mass is 359 g/mol. The lowest BCUT2D eigenvalue weighted by Gasteiger charge is -2.60. The molecule has 5 nitrogen and oxygen atoms in total. The number of likely N-dealkylation sites (N-methyl/N-ethyl adjacent to an activating group) is 1. The maximum Gasteiger partial charge on any atom is 0.314 e. The van der Waals surface area contributed by atoms with Gasteiger partial charge in [0, 0.05) is 31.6 Å². The van der Waals surface area contributed by atoms with E-state index in [2.05, 4.69) is 30.6 Å². The predicted molar refractivity (Wildman–Crippen MR) is 101 cm³/mol. The van der Waals surface area contributed by atoms with Crippen LogP contribution in [0.4, 0.5) is 4.79 Å². The SMILES string of the molecule is CNC(=O)N[C@H]1CCC2C3CC[C@H]4N(C)C(=O)C=C[C@]4(C)C3CC[C@@]21C. The molecular formula is C21H33N3O2. The first-order chi connectivity index (χ1) is 12.3. The molecule has 144 valence electrons. The molecule has 0 aromatic rings. The minimum Gasteiger partial charge on any atom is -0.341 e. The molecule has 3 aliphatic carbocycles. The van der Waals surface area contributed by atoms with Crippen LogP contribution in [0.25, 0.3) is 0 Å². The van der Waals surface area contributed by atoms with Crippen LogP contribution in [-0.4, -0.2) is 43.0 Å². The number of carbonyl (C=O) groups excluding carboxylic acids is 2. The summed E-state index contributed by atoms with van der Waals surface area (Å²) in [5, 5.41) is 5.94. The Morgan fingerprint density at radius 2 is 1.92 bits per heavy atom. The van der Waals surface area contributed by atoms with Gasteiger partial charge in [-0.25, -0.2) is 4.79 Å². The van der Waals surface area contributed by atoms with Crippen molar-refractivity contribution in [2.45, 2.75) is 64.5 Å². The third-order valence-electron chi connectivity index (χ3n) is 8.66. The Kier molecular flexibility index (Phi) is 4.12. The number of hydrogen-bond acceptors (Lipinski definition) is 2. The summed E-state index contributed by atoms with van der Waals surface area (Å²) in [6.07, 6.45) is 11.0. The molecule has 3 amide bonds. The first-order valence-corrected chi connectivity index (χ1v) is 10.3. The van der Waals surface area contributed by atoms with Crippen molar-refractivity contribution in [2.75, 3.05) is 14.1 Å². The molecule has 26 heavy (non-hydrogen) atoms. The number of nitrogens with one attached hydrogen (secondary N) is 2. The number of carbonyl (C=O) groups is 2. The van der Waals surface area contributed by atoms with E-state index in [4.69, 9.17) is 0 Å². The zero-order chi connectivity index (χ0) is 18.7. The van der Waals surface area contributed by atoms with Gasteiger partial charge in [-0.3, -0.25) is 4.79 Å². The Morgan fingerprint density at radius 3 is 2.65 bits per heavy atom. The number of amides is 3. The fraction of sp³-hybridized carbons (Fsp3) is 0.810. The molecule has 0 bridgehead atoms. The molecule has 3 fully saturated rings. The van der Waals surface area contributed by atoms with Crippen LogP contribution in [0.15, 0.2) is 12.2 Å². The van der Waals surface area contributed by atoms with E-state index in [0.717, 1.165) is 12.8 Å². The summed E-state index contributed by atoms with van der Waals surface area (Å²) in [5.74, 6) is 2.18. The Hall–Kier alpha value is -1.52. The van der Waals surface area contributed by atoms with Gasteiger partial charge in [0.05, 0.1) is 0 Å². The third-order valence-corrected chi connectivity index (χ3v) is 8.66. The lowest BCUT2D eigenvalue weighted by Crippen LogP contribution is -2.60. The molecule has 2 N–H and O–H groups in total. The molecule has 4 aliphatic rings. The zero-order valence-corrected chi connectivity index (χ0v) is 16.5. The van der Waals surface area contributed by atoms with Gasteiger partial charge in [-0.1, -0.05) is 19.9 Å². The van der Waals surface area contributed by atoms with E-state index in [1.54, 1.807) is 13.1 Å². The van der Waals surface area contributed by atoms with Crippen LogP contribution < -0.4 is 10.6 Å². The van der Waals surface area contributed by atoms with Gasteiger partial charge in [-0.15, -0.1) is 0 Å². The molecule has 3 saturated carbocycles. The molecule has 1 aliphatic heterocycles. The van der Waals surface area contributed by atoms with Gasteiger partial charge in [0.15, 0.2) is 0 Å². The summed E-state index contributed by atoms with van der Waals surface area (Å²) >= 11 is 0. The molecule has 7 atom stereocenters. The summed E-state index contributed by atoms with van der Waals surface area (Å²) < 4.78 is 0. The number of nitrogens with zero attached hydrogens (tertiary/aromatic N) is 1. The second kappa shape index (κ2) is 6.00. The average molecular weight is 360 g/mol. The second-order valence-electron chi connectivity index (χ2n) is 9.52. The number of hydrogen-bond donors (Lipinski definition) is 2. The quantitative estimate of drug-likeness (QED) is 0.756. The molecule has 0 radical (unpaired) electrons. The highest BCUT2D eigenvalue weighted by Crippen LogP contribution is 2.63. The lowest BCUT2D eigenvalue weighted by molar-refractivity contribution is -0.138. The Balaban J connectivity index is 1.60. The first-order valence-electron chi connectivity index (χ1n) is 10.3. The average Bonchev–Trinajstić information content (AvgIpc) is 2.95. The van der Waals surface area contributed by atoms with E-state index in [-0.39, 0.29) is 28.8 Å². The van der Waals surface area contributed by atoms with Gasteiger partial charge in [0.25, 0.3) is 0 Å². The van der Waals surface area contributed by atoms with Gasteiger partial charge in [0.1, 0.15) is 0 Å². The lowest BCUT2D eigenvalue weighted by atomic mass is 9.48. The van der Waals surface area contributed by atoms with Crippen LogP contribution in [-0.2, 0) is 4.79 Å². The molecule has 4 rings (SSSR count). The molecule has 1 heterocycles. The van der Waals surface area contributed by atoms with Gasteiger partial charge in [0.2, 0.25) is 5.91 Å². The maximum atomic E-state index is 12.2. The first kappa shape index (κ1) is 17.9. The van der Waals surface area contributed by atoms with Crippen molar-refractivity contribution >= 4 is 11.9 Å². The van der Waals surface area contributed by atoms with Crippen molar-refractivity contribution < 1.29 is 9.59 Å². The van der Waals surface area contributed by atoms with E-state index < -0.39 is 0 Å². The van der Waals surface area contributed by atoms with E-state index >= 15 is 0 Å². The highest BCUT2D eigenvalue weighted by atomic mass is 16.2. The smallest absolute Gasteiger partial charge is 0.314 e. The van der Waals surface area contributed by atoms with E-state index in [1.165, 1.54) is 25.7 Å². The Bertz CT molecular complexity index is 647. The minimum atomic E-state index is -0.0509. The second-order valence-corrected chi connectivity index (χ2v) is 9.52.